The lowest BCUT2D eigenvalue weighted by Crippen LogP contribution is -2.25. The molecule has 0 saturated heterocycles. The van der Waals surface area contributed by atoms with E-state index in [0.717, 1.165) is 0 Å². The first-order valence-electron chi connectivity index (χ1n) is 3.68. The fourth-order valence-corrected chi connectivity index (χ4v) is 1.09. The van der Waals surface area contributed by atoms with E-state index in [-0.39, 0.29) is 11.9 Å². The molecule has 1 aromatic carbocycles. The number of ether oxygens (including phenoxy) is 2. The van der Waals surface area contributed by atoms with Gasteiger partial charge < -0.3 is 9.47 Å². The topological polar surface area (TPSA) is 18.5 Å². The highest BCUT2D eigenvalue weighted by Crippen LogP contribution is 2.31. The Kier molecular flexibility index (Phi) is 1.64. The molecular formula is C9H8FO2. The largest absolute Gasteiger partial charge is 0.486 e. The van der Waals surface area contributed by atoms with Crippen molar-refractivity contribution in [3.63, 3.8) is 0 Å². The summed E-state index contributed by atoms with van der Waals surface area (Å²) in [6.45, 7) is 4.07. The van der Waals surface area contributed by atoms with Gasteiger partial charge in [-0.2, -0.15) is 0 Å². The first kappa shape index (κ1) is 7.40. The molecule has 0 bridgehead atoms. The molecule has 1 radical (unpaired) electrons. The predicted molar refractivity (Wildman–Crippen MR) is 41.7 cm³/mol. The third-order valence-corrected chi connectivity index (χ3v) is 1.62. The zero-order chi connectivity index (χ0) is 8.55. The number of rotatable bonds is 0. The van der Waals surface area contributed by atoms with E-state index in [1.807, 2.05) is 0 Å². The van der Waals surface area contributed by atoms with Crippen molar-refractivity contribution in [1.82, 2.24) is 0 Å². The number of halogens is 1. The van der Waals surface area contributed by atoms with Crippen molar-refractivity contribution in [1.29, 1.82) is 0 Å². The molecule has 0 saturated carbocycles. The maximum absolute atomic E-state index is 12.7. The molecule has 0 aromatic heterocycles. The van der Waals surface area contributed by atoms with Crippen molar-refractivity contribution in [3.05, 3.63) is 30.9 Å². The van der Waals surface area contributed by atoms with Crippen LogP contribution in [0.2, 0.25) is 0 Å². The Morgan fingerprint density at radius 2 is 2.25 bits per heavy atom. The fourth-order valence-electron chi connectivity index (χ4n) is 1.09. The molecule has 1 aliphatic rings. The summed E-state index contributed by atoms with van der Waals surface area (Å²) >= 11 is 0. The van der Waals surface area contributed by atoms with Crippen molar-refractivity contribution in [2.75, 3.05) is 6.61 Å². The molecule has 0 amide bonds. The predicted octanol–water partition coefficient (Wildman–Crippen LogP) is 1.80. The van der Waals surface area contributed by atoms with E-state index in [2.05, 4.69) is 6.92 Å². The SMILES string of the molecule is [CH2]C1COc2ccc(F)cc2O1. The molecule has 1 aliphatic heterocycles. The lowest BCUT2D eigenvalue weighted by molar-refractivity contribution is 0.120. The summed E-state index contributed by atoms with van der Waals surface area (Å²) in [5.41, 5.74) is 0. The van der Waals surface area contributed by atoms with Gasteiger partial charge in [0.15, 0.2) is 11.5 Å². The van der Waals surface area contributed by atoms with Crippen molar-refractivity contribution in [2.45, 2.75) is 6.10 Å². The molecule has 2 rings (SSSR count). The van der Waals surface area contributed by atoms with Crippen LogP contribution in [0.5, 0.6) is 11.5 Å². The van der Waals surface area contributed by atoms with E-state index < -0.39 is 0 Å². The molecule has 63 valence electrons. The molecular weight excluding hydrogens is 159 g/mol. The molecule has 1 heterocycles. The Hall–Kier alpha value is -1.25. The summed E-state index contributed by atoms with van der Waals surface area (Å²) in [6, 6.07) is 4.19. The van der Waals surface area contributed by atoms with E-state index >= 15 is 0 Å². The standard InChI is InChI=1S/C9H8FO2/c1-6-5-11-8-3-2-7(10)4-9(8)12-6/h2-4,6H,1,5H2. The summed E-state index contributed by atoms with van der Waals surface area (Å²) in [7, 11) is 0. The van der Waals surface area contributed by atoms with Crippen LogP contribution in [0, 0.1) is 12.7 Å². The summed E-state index contributed by atoms with van der Waals surface area (Å²) in [5.74, 6) is 0.684. The lowest BCUT2D eigenvalue weighted by Gasteiger charge is -2.23. The second-order valence-electron chi connectivity index (χ2n) is 2.64. The highest BCUT2D eigenvalue weighted by Gasteiger charge is 2.17. The van der Waals surface area contributed by atoms with Crippen molar-refractivity contribution >= 4 is 0 Å². The monoisotopic (exact) mass is 167 g/mol. The number of hydrogen-bond donors (Lipinski definition) is 0. The summed E-state index contributed by atoms with van der Waals surface area (Å²) in [6.07, 6.45) is -0.251. The number of hydrogen-bond acceptors (Lipinski definition) is 2. The lowest BCUT2D eigenvalue weighted by atomic mass is 10.2. The van der Waals surface area contributed by atoms with Crippen molar-refractivity contribution in [2.24, 2.45) is 0 Å². The van der Waals surface area contributed by atoms with Gasteiger partial charge in [0, 0.05) is 6.07 Å². The van der Waals surface area contributed by atoms with Crippen LogP contribution in [0.4, 0.5) is 4.39 Å². The maximum Gasteiger partial charge on any atom is 0.164 e. The first-order chi connectivity index (χ1) is 5.75. The van der Waals surface area contributed by atoms with Crippen LogP contribution in [0.3, 0.4) is 0 Å². The summed E-state index contributed by atoms with van der Waals surface area (Å²) in [4.78, 5) is 0. The number of fused-ring (bicyclic) bond motifs is 1. The van der Waals surface area contributed by atoms with Gasteiger partial charge in [0.25, 0.3) is 0 Å². The maximum atomic E-state index is 12.7. The second-order valence-corrected chi connectivity index (χ2v) is 2.64. The first-order valence-corrected chi connectivity index (χ1v) is 3.68. The van der Waals surface area contributed by atoms with E-state index in [1.54, 1.807) is 6.07 Å². The zero-order valence-corrected chi connectivity index (χ0v) is 6.42. The van der Waals surface area contributed by atoms with Crippen LogP contribution in [0.1, 0.15) is 0 Å². The van der Waals surface area contributed by atoms with Crippen LogP contribution in [-0.4, -0.2) is 12.7 Å². The third kappa shape index (κ3) is 1.22. The van der Waals surface area contributed by atoms with Gasteiger partial charge >= 0.3 is 0 Å². The minimum absolute atomic E-state index is 0.251. The molecule has 1 atom stereocenters. The van der Waals surface area contributed by atoms with Gasteiger partial charge in [-0.05, 0) is 19.1 Å². The molecule has 0 N–H and O–H groups in total. The van der Waals surface area contributed by atoms with Gasteiger partial charge in [0.05, 0.1) is 0 Å². The van der Waals surface area contributed by atoms with E-state index in [1.165, 1.54) is 12.1 Å². The smallest absolute Gasteiger partial charge is 0.164 e. The Morgan fingerprint density at radius 1 is 1.42 bits per heavy atom. The molecule has 1 aromatic rings. The van der Waals surface area contributed by atoms with Crippen LogP contribution in [0.15, 0.2) is 18.2 Å². The minimum Gasteiger partial charge on any atom is -0.486 e. The molecule has 3 heteroatoms. The Balaban J connectivity index is 2.37. The Labute approximate surface area is 69.9 Å². The molecule has 12 heavy (non-hydrogen) atoms. The average molecular weight is 167 g/mol. The van der Waals surface area contributed by atoms with Crippen molar-refractivity contribution in [3.8, 4) is 11.5 Å². The second kappa shape index (κ2) is 2.66. The Bertz CT molecular complexity index is 299. The van der Waals surface area contributed by atoms with Crippen LogP contribution >= 0.6 is 0 Å². The third-order valence-electron chi connectivity index (χ3n) is 1.62. The zero-order valence-electron chi connectivity index (χ0n) is 6.42. The molecule has 0 aliphatic carbocycles. The molecule has 2 nitrogen and oxygen atoms in total. The summed E-state index contributed by atoms with van der Waals surface area (Å²) < 4.78 is 23.1. The normalized spacial score (nSPS) is 20.7. The van der Waals surface area contributed by atoms with Crippen LogP contribution < -0.4 is 9.47 Å². The van der Waals surface area contributed by atoms with E-state index in [4.69, 9.17) is 9.47 Å². The highest BCUT2D eigenvalue weighted by atomic mass is 19.1. The van der Waals surface area contributed by atoms with Gasteiger partial charge in [0.2, 0.25) is 0 Å². The van der Waals surface area contributed by atoms with Crippen LogP contribution in [-0.2, 0) is 0 Å². The van der Waals surface area contributed by atoms with Gasteiger partial charge in [-0.15, -0.1) is 0 Å². The van der Waals surface area contributed by atoms with Gasteiger partial charge in [-0.3, -0.25) is 0 Å². The molecule has 1 unspecified atom stereocenters. The summed E-state index contributed by atoms with van der Waals surface area (Å²) in [5, 5.41) is 0. The van der Waals surface area contributed by atoms with Gasteiger partial charge in [-0.1, -0.05) is 0 Å². The van der Waals surface area contributed by atoms with Crippen LogP contribution in [0.25, 0.3) is 0 Å². The average Bonchev–Trinajstić information content (AvgIpc) is 2.03. The Morgan fingerprint density at radius 3 is 3.08 bits per heavy atom. The quantitative estimate of drug-likeness (QED) is 0.586. The highest BCUT2D eigenvalue weighted by molar-refractivity contribution is 5.41. The fraction of sp³-hybridized carbons (Fsp3) is 0.222. The van der Waals surface area contributed by atoms with Gasteiger partial charge in [-0.25, -0.2) is 4.39 Å². The van der Waals surface area contributed by atoms with Gasteiger partial charge in [0.1, 0.15) is 18.5 Å². The van der Waals surface area contributed by atoms with E-state index in [9.17, 15) is 4.39 Å². The molecule has 0 spiro atoms. The minimum atomic E-state index is -0.327. The molecule has 0 fully saturated rings. The van der Waals surface area contributed by atoms with E-state index in [0.29, 0.717) is 18.1 Å². The number of benzene rings is 1. The van der Waals surface area contributed by atoms with Crippen molar-refractivity contribution < 1.29 is 13.9 Å².